The Labute approximate surface area is 165 Å². The molecule has 3 aromatic rings. The zero-order chi connectivity index (χ0) is 18.7. The minimum Gasteiger partial charge on any atom is -0.334 e. The lowest BCUT2D eigenvalue weighted by atomic mass is 9.32. The van der Waals surface area contributed by atoms with E-state index in [4.69, 9.17) is 0 Å². The molecule has 2 atom stereocenters. The number of fused-ring (bicyclic) bond motifs is 5. The van der Waals surface area contributed by atoms with Crippen molar-refractivity contribution >= 4 is 29.0 Å². The van der Waals surface area contributed by atoms with E-state index in [-0.39, 0.29) is 6.04 Å². The second-order valence-electron chi connectivity index (χ2n) is 7.64. The van der Waals surface area contributed by atoms with Crippen LogP contribution < -0.4 is 15.8 Å². The van der Waals surface area contributed by atoms with Crippen molar-refractivity contribution in [2.24, 2.45) is 0 Å². The first-order chi connectivity index (χ1) is 13.9. The molecule has 130 valence electrons. The van der Waals surface area contributed by atoms with E-state index in [2.05, 4.69) is 89.9 Å². The molecule has 28 heavy (non-hydrogen) atoms. The fourth-order valence-corrected chi connectivity index (χ4v) is 5.29. The number of para-hydroxylation sites is 1. The maximum absolute atomic E-state index is 9.96. The Balaban J connectivity index is 1.73. The highest BCUT2D eigenvalue weighted by Crippen LogP contribution is 2.45. The number of hydrogen-bond acceptors (Lipinski definition) is 2. The first-order valence-corrected chi connectivity index (χ1v) is 9.74. The predicted octanol–water partition coefficient (Wildman–Crippen LogP) is 4.16. The normalized spacial score (nSPS) is 20.4. The Morgan fingerprint density at radius 2 is 1.61 bits per heavy atom. The van der Waals surface area contributed by atoms with Crippen molar-refractivity contribution in [1.29, 1.82) is 5.26 Å². The van der Waals surface area contributed by atoms with Crippen LogP contribution in [0.2, 0.25) is 5.82 Å². The molecule has 0 bridgehead atoms. The topological polar surface area (TPSA) is 27.0 Å². The number of allylic oxidation sites excluding steroid dienone is 2. The molecule has 1 unspecified atom stereocenters. The molecule has 2 nitrogen and oxygen atoms in total. The number of hydrogen-bond donors (Lipinski definition) is 0. The summed E-state index contributed by atoms with van der Waals surface area (Å²) < 4.78 is 0. The Kier molecular flexibility index (Phi) is 3.19. The van der Waals surface area contributed by atoms with Gasteiger partial charge in [0.1, 0.15) is 6.07 Å². The van der Waals surface area contributed by atoms with Gasteiger partial charge in [-0.15, -0.1) is 0 Å². The maximum atomic E-state index is 9.96. The van der Waals surface area contributed by atoms with Gasteiger partial charge in [0.05, 0.1) is 17.3 Å². The molecule has 3 aromatic carbocycles. The van der Waals surface area contributed by atoms with Gasteiger partial charge in [-0.2, -0.15) is 5.26 Å². The van der Waals surface area contributed by atoms with Gasteiger partial charge in [0.25, 0.3) is 0 Å². The van der Waals surface area contributed by atoms with Gasteiger partial charge in [0.2, 0.25) is 6.71 Å². The lowest BCUT2D eigenvalue weighted by Crippen LogP contribution is -2.56. The molecule has 0 aromatic heterocycles. The summed E-state index contributed by atoms with van der Waals surface area (Å²) in [6, 6.07) is 26.0. The molecule has 0 fully saturated rings. The van der Waals surface area contributed by atoms with Crippen LogP contribution in [0.25, 0.3) is 11.1 Å². The number of anilines is 2. The van der Waals surface area contributed by atoms with Crippen molar-refractivity contribution in [2.45, 2.75) is 11.9 Å². The molecule has 0 radical (unpaired) electrons. The van der Waals surface area contributed by atoms with Gasteiger partial charge in [-0.3, -0.25) is 0 Å². The van der Waals surface area contributed by atoms with Crippen molar-refractivity contribution in [2.75, 3.05) is 4.90 Å². The van der Waals surface area contributed by atoms with Crippen molar-refractivity contribution in [3.63, 3.8) is 0 Å². The van der Waals surface area contributed by atoms with Gasteiger partial charge in [-0.1, -0.05) is 78.3 Å². The van der Waals surface area contributed by atoms with Gasteiger partial charge < -0.3 is 4.90 Å². The van der Waals surface area contributed by atoms with Crippen LogP contribution in [0.4, 0.5) is 11.4 Å². The minimum atomic E-state index is 0.193. The molecule has 3 aliphatic rings. The van der Waals surface area contributed by atoms with E-state index in [9.17, 15) is 5.26 Å². The third kappa shape index (κ3) is 1.92. The molecular formula is C25H17BN2. The van der Waals surface area contributed by atoms with Crippen LogP contribution in [-0.2, 0) is 0 Å². The van der Waals surface area contributed by atoms with Crippen molar-refractivity contribution in [1.82, 2.24) is 0 Å². The number of rotatable bonds is 1. The van der Waals surface area contributed by atoms with Crippen LogP contribution in [0, 0.1) is 11.3 Å². The SMILES string of the molecule is N#Cc1ccc2c3c1N(c1ccccc1)C1C=CC=C[C@@H]1B3c1ccccc1-2. The lowest BCUT2D eigenvalue weighted by Gasteiger charge is -2.45. The summed E-state index contributed by atoms with van der Waals surface area (Å²) in [6.45, 7) is 0.292. The standard InChI is InChI=1S/C25H17BN2/c27-16-17-14-15-20-19-10-4-5-11-21(19)26-22-12-6-7-13-23(22)28(25(17)24(20)26)18-8-2-1-3-9-18/h1-15,22-23H/t22-,23?/m0/s1. The van der Waals surface area contributed by atoms with Crippen molar-refractivity contribution < 1.29 is 0 Å². The zero-order valence-corrected chi connectivity index (χ0v) is 15.3. The summed E-state index contributed by atoms with van der Waals surface area (Å²) in [7, 11) is 0. The van der Waals surface area contributed by atoms with Crippen LogP contribution in [-0.4, -0.2) is 12.8 Å². The molecule has 0 spiro atoms. The van der Waals surface area contributed by atoms with E-state index < -0.39 is 0 Å². The molecule has 1 aliphatic carbocycles. The van der Waals surface area contributed by atoms with E-state index in [0.29, 0.717) is 12.5 Å². The smallest absolute Gasteiger partial charge is 0.222 e. The van der Waals surface area contributed by atoms with Crippen LogP contribution >= 0.6 is 0 Å². The Bertz CT molecular complexity index is 1200. The zero-order valence-electron chi connectivity index (χ0n) is 15.3. The van der Waals surface area contributed by atoms with E-state index in [1.165, 1.54) is 22.1 Å². The van der Waals surface area contributed by atoms with E-state index in [0.717, 1.165) is 16.9 Å². The fourth-order valence-electron chi connectivity index (χ4n) is 5.29. The van der Waals surface area contributed by atoms with Gasteiger partial charge in [-0.05, 0) is 40.6 Å². The van der Waals surface area contributed by atoms with Crippen LogP contribution in [0.1, 0.15) is 5.56 Å². The second kappa shape index (κ2) is 5.74. The largest absolute Gasteiger partial charge is 0.334 e. The average Bonchev–Trinajstić information content (AvgIpc) is 3.10. The quantitative estimate of drug-likeness (QED) is 0.612. The monoisotopic (exact) mass is 356 g/mol. The number of benzene rings is 3. The van der Waals surface area contributed by atoms with Gasteiger partial charge >= 0.3 is 0 Å². The second-order valence-corrected chi connectivity index (χ2v) is 7.64. The summed E-state index contributed by atoms with van der Waals surface area (Å²) in [5.41, 5.74) is 8.25. The first-order valence-electron chi connectivity index (χ1n) is 9.74. The minimum absolute atomic E-state index is 0.193. The van der Waals surface area contributed by atoms with E-state index >= 15 is 0 Å². The van der Waals surface area contributed by atoms with Crippen molar-refractivity contribution in [3.05, 3.63) is 96.6 Å². The molecule has 0 N–H and O–H groups in total. The fraction of sp³-hybridized carbons (Fsp3) is 0.0800. The number of nitriles is 1. The molecule has 0 saturated carbocycles. The van der Waals surface area contributed by atoms with E-state index in [1.807, 2.05) is 12.1 Å². The summed E-state index contributed by atoms with van der Waals surface area (Å²) in [6.07, 6.45) is 8.94. The summed E-state index contributed by atoms with van der Waals surface area (Å²) >= 11 is 0. The summed E-state index contributed by atoms with van der Waals surface area (Å²) in [5, 5.41) is 9.96. The summed E-state index contributed by atoms with van der Waals surface area (Å²) in [4.78, 5) is 2.38. The number of nitrogens with zero attached hydrogens (tertiary/aromatic N) is 2. The Morgan fingerprint density at radius 1 is 0.821 bits per heavy atom. The van der Waals surface area contributed by atoms with Gasteiger partial charge in [0.15, 0.2) is 0 Å². The highest BCUT2D eigenvalue weighted by molar-refractivity contribution is 6.92. The molecule has 3 heteroatoms. The highest BCUT2D eigenvalue weighted by Gasteiger charge is 2.48. The summed E-state index contributed by atoms with van der Waals surface area (Å²) in [5.74, 6) is 0.342. The van der Waals surface area contributed by atoms with Crippen molar-refractivity contribution in [3.8, 4) is 17.2 Å². The third-order valence-electron chi connectivity index (χ3n) is 6.34. The van der Waals surface area contributed by atoms with Gasteiger partial charge in [-0.25, -0.2) is 0 Å². The third-order valence-corrected chi connectivity index (χ3v) is 6.34. The first kappa shape index (κ1) is 15.5. The van der Waals surface area contributed by atoms with Crippen LogP contribution in [0.3, 0.4) is 0 Å². The molecular weight excluding hydrogens is 339 g/mol. The lowest BCUT2D eigenvalue weighted by molar-refractivity contribution is 0.766. The average molecular weight is 356 g/mol. The van der Waals surface area contributed by atoms with E-state index in [1.54, 1.807) is 0 Å². The Morgan fingerprint density at radius 3 is 2.46 bits per heavy atom. The highest BCUT2D eigenvalue weighted by atomic mass is 15.2. The van der Waals surface area contributed by atoms with Crippen LogP contribution in [0.15, 0.2) is 91.0 Å². The maximum Gasteiger partial charge on any atom is 0.222 e. The van der Waals surface area contributed by atoms with Crippen LogP contribution in [0.5, 0.6) is 0 Å². The molecule has 2 heterocycles. The molecule has 6 rings (SSSR count). The molecule has 2 aliphatic heterocycles. The Hall–Kier alpha value is -3.51. The molecule has 0 saturated heterocycles. The predicted molar refractivity (Wildman–Crippen MR) is 116 cm³/mol. The molecule has 0 amide bonds. The van der Waals surface area contributed by atoms with Gasteiger partial charge in [0, 0.05) is 5.69 Å².